The van der Waals surface area contributed by atoms with Gasteiger partial charge in [0.1, 0.15) is 0 Å². The van der Waals surface area contributed by atoms with Crippen molar-refractivity contribution >= 4 is 29.3 Å². The largest absolute Gasteiger partial charge is 0.416 e. The van der Waals surface area contributed by atoms with Crippen molar-refractivity contribution in [3.8, 4) is 0 Å². The van der Waals surface area contributed by atoms with E-state index < -0.39 is 11.2 Å². The van der Waals surface area contributed by atoms with Crippen LogP contribution in [0.3, 0.4) is 0 Å². The SMILES string of the molecule is C[C@@H](Sc1nnc(Cc2ccccc2)o1)C(=O)Nc1ccc(C(N)=O)cc1. The van der Waals surface area contributed by atoms with Crippen molar-refractivity contribution in [2.75, 3.05) is 5.32 Å². The highest BCUT2D eigenvalue weighted by Crippen LogP contribution is 2.23. The smallest absolute Gasteiger partial charge is 0.277 e. The van der Waals surface area contributed by atoms with E-state index in [4.69, 9.17) is 10.2 Å². The monoisotopic (exact) mass is 382 g/mol. The van der Waals surface area contributed by atoms with Gasteiger partial charge in [0.25, 0.3) is 5.22 Å². The van der Waals surface area contributed by atoms with E-state index >= 15 is 0 Å². The summed E-state index contributed by atoms with van der Waals surface area (Å²) in [5, 5.41) is 10.7. The summed E-state index contributed by atoms with van der Waals surface area (Å²) < 4.78 is 5.61. The van der Waals surface area contributed by atoms with E-state index in [-0.39, 0.29) is 5.91 Å². The Morgan fingerprint density at radius 1 is 1.11 bits per heavy atom. The number of nitrogens with zero attached hydrogens (tertiary/aromatic N) is 2. The molecule has 3 N–H and O–H groups in total. The first kappa shape index (κ1) is 18.7. The number of carbonyl (C=O) groups excluding carboxylic acids is 2. The number of hydrogen-bond acceptors (Lipinski definition) is 6. The molecule has 1 atom stereocenters. The predicted molar refractivity (Wildman–Crippen MR) is 102 cm³/mol. The highest BCUT2D eigenvalue weighted by atomic mass is 32.2. The summed E-state index contributed by atoms with van der Waals surface area (Å²) in [4.78, 5) is 23.4. The van der Waals surface area contributed by atoms with Crippen molar-refractivity contribution in [2.45, 2.75) is 23.8 Å². The molecule has 0 saturated heterocycles. The Morgan fingerprint density at radius 3 is 2.48 bits per heavy atom. The van der Waals surface area contributed by atoms with Gasteiger partial charge in [-0.3, -0.25) is 9.59 Å². The maximum atomic E-state index is 12.3. The van der Waals surface area contributed by atoms with E-state index in [9.17, 15) is 9.59 Å². The second-order valence-corrected chi connectivity index (χ2v) is 7.11. The number of benzene rings is 2. The molecule has 7 nitrogen and oxygen atoms in total. The van der Waals surface area contributed by atoms with Gasteiger partial charge in [-0.25, -0.2) is 0 Å². The average molecular weight is 382 g/mol. The molecule has 2 amide bonds. The molecule has 0 bridgehead atoms. The van der Waals surface area contributed by atoms with Crippen LogP contribution >= 0.6 is 11.8 Å². The van der Waals surface area contributed by atoms with Crippen LogP contribution in [-0.4, -0.2) is 27.3 Å². The van der Waals surface area contributed by atoms with Crippen molar-refractivity contribution in [1.82, 2.24) is 10.2 Å². The topological polar surface area (TPSA) is 111 Å². The number of nitrogens with one attached hydrogen (secondary N) is 1. The molecule has 3 aromatic rings. The van der Waals surface area contributed by atoms with Gasteiger partial charge in [0.05, 0.1) is 11.7 Å². The van der Waals surface area contributed by atoms with Gasteiger partial charge in [-0.15, -0.1) is 10.2 Å². The van der Waals surface area contributed by atoms with E-state index in [1.165, 1.54) is 11.8 Å². The Morgan fingerprint density at radius 2 is 1.81 bits per heavy atom. The molecule has 0 spiro atoms. The van der Waals surface area contributed by atoms with Crippen LogP contribution in [0.5, 0.6) is 0 Å². The third-order valence-electron chi connectivity index (χ3n) is 3.73. The van der Waals surface area contributed by atoms with Gasteiger partial charge in [-0.05, 0) is 36.8 Å². The number of carbonyl (C=O) groups is 2. The van der Waals surface area contributed by atoms with Crippen LogP contribution in [0.4, 0.5) is 5.69 Å². The van der Waals surface area contributed by atoms with Crippen LogP contribution in [0.2, 0.25) is 0 Å². The summed E-state index contributed by atoms with van der Waals surface area (Å²) in [6.45, 7) is 1.75. The number of hydrogen-bond donors (Lipinski definition) is 2. The van der Waals surface area contributed by atoms with E-state index in [1.807, 2.05) is 30.3 Å². The zero-order valence-corrected chi connectivity index (χ0v) is 15.4. The molecule has 1 heterocycles. The molecule has 3 rings (SSSR count). The lowest BCUT2D eigenvalue weighted by Crippen LogP contribution is -2.22. The lowest BCUT2D eigenvalue weighted by atomic mass is 10.2. The summed E-state index contributed by atoms with van der Waals surface area (Å²) in [6.07, 6.45) is 0.543. The van der Waals surface area contributed by atoms with Gasteiger partial charge in [0.15, 0.2) is 0 Å². The molecular formula is C19H18N4O3S. The lowest BCUT2D eigenvalue weighted by molar-refractivity contribution is -0.115. The molecule has 8 heteroatoms. The number of primary amides is 1. The summed E-state index contributed by atoms with van der Waals surface area (Å²) in [7, 11) is 0. The fourth-order valence-corrected chi connectivity index (χ4v) is 2.99. The van der Waals surface area contributed by atoms with Crippen LogP contribution < -0.4 is 11.1 Å². The van der Waals surface area contributed by atoms with Crippen LogP contribution in [0, 0.1) is 0 Å². The maximum Gasteiger partial charge on any atom is 0.277 e. The zero-order chi connectivity index (χ0) is 19.2. The predicted octanol–water partition coefficient (Wildman–Crippen LogP) is 2.88. The van der Waals surface area contributed by atoms with E-state index in [0.717, 1.165) is 5.56 Å². The Kier molecular flexibility index (Phi) is 5.87. The van der Waals surface area contributed by atoms with Crippen molar-refractivity contribution in [3.63, 3.8) is 0 Å². The van der Waals surface area contributed by atoms with Gasteiger partial charge in [-0.2, -0.15) is 0 Å². The van der Waals surface area contributed by atoms with Gasteiger partial charge in [0.2, 0.25) is 17.7 Å². The summed E-state index contributed by atoms with van der Waals surface area (Å²) in [5.74, 6) is -0.229. The number of rotatable bonds is 7. The molecule has 0 aliphatic rings. The minimum absolute atomic E-state index is 0.213. The maximum absolute atomic E-state index is 12.3. The standard InChI is InChI=1S/C19H18N4O3S/c1-12(18(25)21-15-9-7-14(8-10-15)17(20)24)27-19-23-22-16(26-19)11-13-5-3-2-4-6-13/h2-10,12H,11H2,1H3,(H2,20,24)(H,21,25)/t12-/m1/s1. The van der Waals surface area contributed by atoms with Crippen molar-refractivity contribution in [2.24, 2.45) is 5.73 Å². The molecule has 1 aromatic heterocycles. The second kappa shape index (κ2) is 8.50. The highest BCUT2D eigenvalue weighted by Gasteiger charge is 2.18. The van der Waals surface area contributed by atoms with Gasteiger partial charge >= 0.3 is 0 Å². The van der Waals surface area contributed by atoms with Crippen LogP contribution in [0.15, 0.2) is 64.2 Å². The van der Waals surface area contributed by atoms with E-state index in [0.29, 0.717) is 28.8 Å². The summed E-state index contributed by atoms with van der Waals surface area (Å²) in [6, 6.07) is 16.2. The Balaban J connectivity index is 1.56. The van der Waals surface area contributed by atoms with E-state index in [1.54, 1.807) is 31.2 Å². The molecule has 0 aliphatic carbocycles. The Hall–Kier alpha value is -3.13. The molecule has 0 radical (unpaired) electrons. The fourth-order valence-electron chi connectivity index (χ4n) is 2.29. The third-order valence-corrected chi connectivity index (χ3v) is 4.66. The third kappa shape index (κ3) is 5.18. The first-order chi connectivity index (χ1) is 13.0. The summed E-state index contributed by atoms with van der Waals surface area (Å²) >= 11 is 1.18. The van der Waals surface area contributed by atoms with Gasteiger partial charge < -0.3 is 15.5 Å². The van der Waals surface area contributed by atoms with Gasteiger partial charge in [0, 0.05) is 11.3 Å². The number of aromatic nitrogens is 2. The minimum atomic E-state index is -0.514. The Bertz CT molecular complexity index is 926. The van der Waals surface area contributed by atoms with Crippen LogP contribution in [-0.2, 0) is 11.2 Å². The molecular weight excluding hydrogens is 364 g/mol. The molecule has 0 aliphatic heterocycles. The average Bonchev–Trinajstić information content (AvgIpc) is 3.09. The molecule has 0 fully saturated rings. The Labute approximate surface area is 160 Å². The number of anilines is 1. The summed E-state index contributed by atoms with van der Waals surface area (Å²) in [5.41, 5.74) is 7.23. The van der Waals surface area contributed by atoms with Crippen LogP contribution in [0.25, 0.3) is 0 Å². The van der Waals surface area contributed by atoms with Crippen molar-refractivity contribution < 1.29 is 14.0 Å². The van der Waals surface area contributed by atoms with E-state index in [2.05, 4.69) is 15.5 Å². The highest BCUT2D eigenvalue weighted by molar-refractivity contribution is 8.00. The normalized spacial score (nSPS) is 11.7. The molecule has 2 aromatic carbocycles. The number of amides is 2. The van der Waals surface area contributed by atoms with Crippen molar-refractivity contribution in [3.05, 3.63) is 71.6 Å². The zero-order valence-electron chi connectivity index (χ0n) is 14.6. The molecule has 27 heavy (non-hydrogen) atoms. The molecule has 0 unspecified atom stereocenters. The minimum Gasteiger partial charge on any atom is -0.416 e. The molecule has 0 saturated carbocycles. The van der Waals surface area contributed by atoms with Crippen LogP contribution in [0.1, 0.15) is 28.7 Å². The number of thioether (sulfide) groups is 1. The van der Waals surface area contributed by atoms with Crippen molar-refractivity contribution in [1.29, 1.82) is 0 Å². The second-order valence-electron chi connectivity index (χ2n) is 5.82. The number of nitrogens with two attached hydrogens (primary N) is 1. The quantitative estimate of drug-likeness (QED) is 0.608. The first-order valence-corrected chi connectivity index (χ1v) is 9.13. The first-order valence-electron chi connectivity index (χ1n) is 8.25. The lowest BCUT2D eigenvalue weighted by Gasteiger charge is -2.10. The van der Waals surface area contributed by atoms with Gasteiger partial charge in [-0.1, -0.05) is 42.1 Å². The fraction of sp³-hybridized carbons (Fsp3) is 0.158. The molecule has 138 valence electrons.